The highest BCUT2D eigenvalue weighted by atomic mass is 16.1. The number of nitrogens with one attached hydrogen (secondary N) is 3. The van der Waals surface area contributed by atoms with E-state index in [0.717, 1.165) is 29.8 Å². The fraction of sp³-hybridized carbons (Fsp3) is 0.609. The zero-order valence-electron chi connectivity index (χ0n) is 17.0. The van der Waals surface area contributed by atoms with Crippen LogP contribution >= 0.6 is 0 Å². The summed E-state index contributed by atoms with van der Waals surface area (Å²) in [5, 5.41) is 7.69. The summed E-state index contributed by atoms with van der Waals surface area (Å²) in [6.07, 6.45) is 13.3. The first kappa shape index (κ1) is 18.0. The Kier molecular flexibility index (Phi) is 4.79. The van der Waals surface area contributed by atoms with Crippen molar-refractivity contribution in [1.82, 2.24) is 20.1 Å². The monoisotopic (exact) mass is 380 g/mol. The van der Waals surface area contributed by atoms with Gasteiger partial charge in [0, 0.05) is 11.4 Å². The average molecular weight is 381 g/mol. The Morgan fingerprint density at radius 3 is 2.61 bits per heavy atom. The minimum Gasteiger partial charge on any atom is -0.359 e. The first-order chi connectivity index (χ1) is 13.7. The molecule has 2 saturated carbocycles. The highest BCUT2D eigenvalue weighted by Gasteiger charge is 2.30. The number of likely N-dealkylation sites (tertiary alicyclic amines) is 1. The van der Waals surface area contributed by atoms with Crippen LogP contribution in [0.3, 0.4) is 0 Å². The molecule has 3 fully saturated rings. The minimum absolute atomic E-state index is 0.00411. The van der Waals surface area contributed by atoms with E-state index in [-0.39, 0.29) is 5.56 Å². The number of aromatic amines is 3. The molecule has 3 aliphatic rings. The van der Waals surface area contributed by atoms with Crippen LogP contribution in [0.2, 0.25) is 0 Å². The third kappa shape index (κ3) is 3.64. The van der Waals surface area contributed by atoms with Crippen molar-refractivity contribution >= 4 is 11.6 Å². The molecule has 5 rings (SSSR count). The third-order valence-corrected chi connectivity index (χ3v) is 6.68. The van der Waals surface area contributed by atoms with Crippen molar-refractivity contribution in [2.45, 2.75) is 70.6 Å². The molecule has 2 aromatic heterocycles. The van der Waals surface area contributed by atoms with Gasteiger partial charge >= 0.3 is 0 Å². The number of H-pyrrole nitrogens is 3. The van der Waals surface area contributed by atoms with Crippen LogP contribution in [-0.2, 0) is 6.42 Å². The van der Waals surface area contributed by atoms with Gasteiger partial charge < -0.3 is 9.88 Å². The largest absolute Gasteiger partial charge is 0.359 e. The molecule has 5 heteroatoms. The quantitative estimate of drug-likeness (QED) is 0.646. The van der Waals surface area contributed by atoms with E-state index in [1.165, 1.54) is 86.2 Å². The van der Waals surface area contributed by atoms with E-state index in [9.17, 15) is 4.79 Å². The lowest BCUT2D eigenvalue weighted by atomic mass is 9.98. The first-order valence-electron chi connectivity index (χ1n) is 11.1. The van der Waals surface area contributed by atoms with Crippen molar-refractivity contribution in [2.24, 2.45) is 0 Å². The summed E-state index contributed by atoms with van der Waals surface area (Å²) in [4.78, 5) is 18.6. The van der Waals surface area contributed by atoms with Crippen molar-refractivity contribution < 1.29 is 0 Å². The van der Waals surface area contributed by atoms with E-state index in [2.05, 4.69) is 33.1 Å². The number of hydrogen-bond acceptors (Lipinski definition) is 2. The van der Waals surface area contributed by atoms with Gasteiger partial charge in [-0.25, -0.2) is 0 Å². The van der Waals surface area contributed by atoms with Crippen LogP contribution in [0.25, 0.3) is 11.6 Å². The molecule has 28 heavy (non-hydrogen) atoms. The van der Waals surface area contributed by atoms with Gasteiger partial charge in [-0.2, -0.15) is 0 Å². The number of unbranched alkanes of at least 4 members (excludes halogenated alkanes) is 1. The Balaban J connectivity index is 1.40. The second-order valence-corrected chi connectivity index (χ2v) is 8.95. The predicted octanol–water partition coefficient (Wildman–Crippen LogP) is 2.41. The maximum absolute atomic E-state index is 12.4. The van der Waals surface area contributed by atoms with Crippen LogP contribution in [-0.4, -0.2) is 39.7 Å². The molecule has 0 aromatic carbocycles. The Bertz CT molecular complexity index is 1020. The second kappa shape index (κ2) is 7.43. The summed E-state index contributed by atoms with van der Waals surface area (Å²) in [6.45, 7) is 6.04. The van der Waals surface area contributed by atoms with E-state index in [1.807, 2.05) is 0 Å². The Morgan fingerprint density at radius 2 is 1.89 bits per heavy atom. The normalized spacial score (nSPS) is 20.5. The molecule has 0 unspecified atom stereocenters. The fourth-order valence-corrected chi connectivity index (χ4v) is 4.87. The zero-order chi connectivity index (χ0) is 19.1. The van der Waals surface area contributed by atoms with E-state index < -0.39 is 0 Å². The Morgan fingerprint density at radius 1 is 1.11 bits per heavy atom. The number of aryl methyl sites for hydroxylation is 1. The molecular formula is C23H32N4O. The van der Waals surface area contributed by atoms with Gasteiger partial charge in [-0.1, -0.05) is 0 Å². The first-order valence-corrected chi connectivity index (χ1v) is 11.1. The fourth-order valence-electron chi connectivity index (χ4n) is 4.87. The molecule has 0 amide bonds. The molecule has 3 N–H and O–H groups in total. The van der Waals surface area contributed by atoms with Crippen LogP contribution in [0, 0.1) is 6.92 Å². The van der Waals surface area contributed by atoms with Crippen molar-refractivity contribution in [1.29, 1.82) is 0 Å². The summed E-state index contributed by atoms with van der Waals surface area (Å²) in [7, 11) is 0. The highest BCUT2D eigenvalue weighted by molar-refractivity contribution is 5.61. The van der Waals surface area contributed by atoms with Crippen molar-refractivity contribution in [3.8, 4) is 0 Å². The van der Waals surface area contributed by atoms with E-state index in [1.54, 1.807) is 0 Å². The van der Waals surface area contributed by atoms with Crippen LogP contribution in [0.5, 0.6) is 0 Å². The van der Waals surface area contributed by atoms with Gasteiger partial charge in [-0.3, -0.25) is 15.0 Å². The van der Waals surface area contributed by atoms with Crippen LogP contribution in [0.15, 0.2) is 4.79 Å². The lowest BCUT2D eigenvalue weighted by Gasteiger charge is -2.14. The molecule has 2 aliphatic carbocycles. The van der Waals surface area contributed by atoms with E-state index >= 15 is 0 Å². The maximum Gasteiger partial charge on any atom is 0.271 e. The molecule has 3 heterocycles. The van der Waals surface area contributed by atoms with Crippen LogP contribution in [0.4, 0.5) is 0 Å². The smallest absolute Gasteiger partial charge is 0.271 e. The molecule has 150 valence electrons. The maximum atomic E-state index is 12.4. The van der Waals surface area contributed by atoms with Gasteiger partial charge in [0.2, 0.25) is 0 Å². The number of hydrogen-bond donors (Lipinski definition) is 3. The summed E-state index contributed by atoms with van der Waals surface area (Å²) in [6, 6.07) is 0. The number of nitrogens with zero attached hydrogens (tertiary/aromatic N) is 1. The molecule has 2 aromatic rings. The lowest BCUT2D eigenvalue weighted by molar-refractivity contribution is 0.330. The van der Waals surface area contributed by atoms with Gasteiger partial charge in [0.05, 0.1) is 10.6 Å². The molecule has 1 aliphatic heterocycles. The van der Waals surface area contributed by atoms with Gasteiger partial charge in [0.1, 0.15) is 0 Å². The Labute approximate surface area is 165 Å². The molecule has 0 atom stereocenters. The topological polar surface area (TPSA) is 67.7 Å². The zero-order valence-corrected chi connectivity index (χ0v) is 17.0. The third-order valence-electron chi connectivity index (χ3n) is 6.68. The summed E-state index contributed by atoms with van der Waals surface area (Å²) < 4.78 is 0. The predicted molar refractivity (Wildman–Crippen MR) is 113 cm³/mol. The molecular weight excluding hydrogens is 348 g/mol. The average Bonchev–Trinajstić information content (AvgIpc) is 3.59. The molecule has 1 saturated heterocycles. The van der Waals surface area contributed by atoms with Crippen molar-refractivity contribution in [3.05, 3.63) is 43.4 Å². The number of rotatable bonds is 7. The SMILES string of the molecule is Cc1[nH]c(C=c2c(=O)[nH][nH]c2=C2CC2)c(C2CC2)c1CCCCN1CCCC1. The van der Waals surface area contributed by atoms with E-state index in [4.69, 9.17) is 0 Å². The Hall–Kier alpha value is -2.01. The lowest BCUT2D eigenvalue weighted by Crippen LogP contribution is -2.33. The number of aromatic nitrogens is 3. The van der Waals surface area contributed by atoms with Crippen LogP contribution < -0.4 is 16.1 Å². The summed E-state index contributed by atoms with van der Waals surface area (Å²) in [5.74, 6) is 0.680. The second-order valence-electron chi connectivity index (χ2n) is 8.95. The standard InChI is InChI=1S/C23H32N4O/c1-15-18(6-2-3-11-27-12-4-5-13-27)21(16-7-8-16)20(24-15)14-19-22(17-9-10-17)25-26-23(19)28/h14,16,24-25H,2-13H2,1H3,(H,26,28). The van der Waals surface area contributed by atoms with Crippen molar-refractivity contribution in [2.75, 3.05) is 19.6 Å². The van der Waals surface area contributed by atoms with Gasteiger partial charge in [-0.05, 0) is 113 Å². The highest BCUT2D eigenvalue weighted by Crippen LogP contribution is 2.44. The van der Waals surface area contributed by atoms with Crippen LogP contribution in [0.1, 0.15) is 79.8 Å². The molecule has 5 nitrogen and oxygen atoms in total. The molecule has 0 radical (unpaired) electrons. The minimum atomic E-state index is -0.00411. The molecule has 0 bridgehead atoms. The van der Waals surface area contributed by atoms with Gasteiger partial charge in [0.15, 0.2) is 0 Å². The van der Waals surface area contributed by atoms with Gasteiger partial charge in [0.25, 0.3) is 5.56 Å². The van der Waals surface area contributed by atoms with Gasteiger partial charge in [-0.15, -0.1) is 0 Å². The van der Waals surface area contributed by atoms with E-state index in [0.29, 0.717) is 5.92 Å². The summed E-state index contributed by atoms with van der Waals surface area (Å²) >= 11 is 0. The summed E-state index contributed by atoms with van der Waals surface area (Å²) in [5.41, 5.74) is 6.83. The molecule has 0 spiro atoms. The van der Waals surface area contributed by atoms with Crippen molar-refractivity contribution in [3.63, 3.8) is 0 Å².